The number of ether oxygens (including phenoxy) is 2. The van der Waals surface area contributed by atoms with Crippen LogP contribution >= 0.6 is 0 Å². The molecule has 0 saturated carbocycles. The molecule has 1 N–H and O–H groups in total. The van der Waals surface area contributed by atoms with Gasteiger partial charge in [0.1, 0.15) is 5.60 Å². The molecule has 0 aliphatic carbocycles. The summed E-state index contributed by atoms with van der Waals surface area (Å²) in [7, 11) is -4.46. The molecule has 1 unspecified atom stereocenters. The van der Waals surface area contributed by atoms with Crippen molar-refractivity contribution in [3.8, 4) is 11.8 Å². The first-order chi connectivity index (χ1) is 17.8. The van der Waals surface area contributed by atoms with Gasteiger partial charge in [-0.2, -0.15) is 4.31 Å². The number of para-hydroxylation sites is 1. The zero-order chi connectivity index (χ0) is 28.3. The van der Waals surface area contributed by atoms with Crippen LogP contribution in [0.25, 0.3) is 0 Å². The quantitative estimate of drug-likeness (QED) is 0.158. The van der Waals surface area contributed by atoms with Crippen molar-refractivity contribution in [2.24, 2.45) is 0 Å². The van der Waals surface area contributed by atoms with E-state index in [1.807, 2.05) is 0 Å². The first kappa shape index (κ1) is 30.0. The Morgan fingerprint density at radius 1 is 1.13 bits per heavy atom. The fourth-order valence-electron chi connectivity index (χ4n) is 3.02. The SMILES string of the molecule is C=CC(CN(CC#CCOC(=O)c1ccccc1)S(=O)(=O)c1ccccc1[N+](=O)[O-])NC(=O)OC(C)(C)C. The minimum absolute atomic E-state index is 0.311. The number of hydrogen-bond acceptors (Lipinski definition) is 8. The summed E-state index contributed by atoms with van der Waals surface area (Å²) in [5.41, 5.74) is -1.08. The third-order valence-corrected chi connectivity index (χ3v) is 6.59. The predicted molar refractivity (Wildman–Crippen MR) is 140 cm³/mol. The van der Waals surface area contributed by atoms with Gasteiger partial charge < -0.3 is 14.8 Å². The number of hydrogen-bond donors (Lipinski definition) is 1. The van der Waals surface area contributed by atoms with E-state index in [1.165, 1.54) is 18.2 Å². The topological polar surface area (TPSA) is 145 Å². The molecule has 0 radical (unpaired) electrons. The molecule has 0 aliphatic rings. The Balaban J connectivity index is 2.26. The maximum absolute atomic E-state index is 13.5. The van der Waals surface area contributed by atoms with Crippen LogP contribution < -0.4 is 5.32 Å². The van der Waals surface area contributed by atoms with Gasteiger partial charge in [-0.3, -0.25) is 10.1 Å². The summed E-state index contributed by atoms with van der Waals surface area (Å²) in [4.78, 5) is 34.4. The lowest BCUT2D eigenvalue weighted by Gasteiger charge is -2.26. The summed E-state index contributed by atoms with van der Waals surface area (Å²) < 4.78 is 38.1. The molecule has 38 heavy (non-hydrogen) atoms. The number of rotatable bonds is 10. The van der Waals surface area contributed by atoms with E-state index in [2.05, 4.69) is 23.7 Å². The lowest BCUT2D eigenvalue weighted by Crippen LogP contribution is -2.46. The van der Waals surface area contributed by atoms with E-state index in [9.17, 15) is 28.1 Å². The number of sulfonamides is 1. The number of carbonyl (C=O) groups excluding carboxylic acids is 2. The van der Waals surface area contributed by atoms with Crippen molar-refractivity contribution in [3.63, 3.8) is 0 Å². The number of carbonyl (C=O) groups is 2. The van der Waals surface area contributed by atoms with Crippen LogP contribution in [0.4, 0.5) is 10.5 Å². The van der Waals surface area contributed by atoms with Gasteiger partial charge in [-0.1, -0.05) is 48.2 Å². The highest BCUT2D eigenvalue weighted by molar-refractivity contribution is 7.89. The Kier molecular flexibility index (Phi) is 10.6. The average molecular weight is 544 g/mol. The zero-order valence-corrected chi connectivity index (χ0v) is 22.1. The Bertz CT molecular complexity index is 1330. The number of amides is 1. The number of nitrogens with zero attached hydrogens (tertiary/aromatic N) is 2. The third-order valence-electron chi connectivity index (χ3n) is 4.73. The molecule has 0 saturated heterocycles. The lowest BCUT2D eigenvalue weighted by molar-refractivity contribution is -0.387. The summed E-state index contributed by atoms with van der Waals surface area (Å²) in [6.07, 6.45) is 0.505. The van der Waals surface area contributed by atoms with E-state index in [0.29, 0.717) is 5.56 Å². The molecular formula is C26H29N3O8S. The van der Waals surface area contributed by atoms with E-state index in [-0.39, 0.29) is 13.2 Å². The van der Waals surface area contributed by atoms with Gasteiger partial charge in [0.05, 0.1) is 23.1 Å². The minimum atomic E-state index is -4.46. The number of nitrogens with one attached hydrogen (secondary N) is 1. The molecule has 202 valence electrons. The Morgan fingerprint density at radius 2 is 1.76 bits per heavy atom. The first-order valence-corrected chi connectivity index (χ1v) is 12.8. The molecule has 2 aromatic rings. The van der Waals surface area contributed by atoms with E-state index >= 15 is 0 Å². The van der Waals surface area contributed by atoms with Crippen LogP contribution in [0.15, 0.2) is 72.1 Å². The van der Waals surface area contributed by atoms with Crippen LogP contribution in [0.1, 0.15) is 31.1 Å². The zero-order valence-electron chi connectivity index (χ0n) is 21.2. The Hall–Kier alpha value is -4.21. The molecule has 0 aliphatic heterocycles. The van der Waals surface area contributed by atoms with E-state index in [4.69, 9.17) is 9.47 Å². The molecule has 2 aromatic carbocycles. The van der Waals surface area contributed by atoms with Gasteiger partial charge in [-0.15, -0.1) is 6.58 Å². The third kappa shape index (κ3) is 9.02. The van der Waals surface area contributed by atoms with Crippen LogP contribution in [0.2, 0.25) is 0 Å². The minimum Gasteiger partial charge on any atom is -0.449 e. The highest BCUT2D eigenvalue weighted by Crippen LogP contribution is 2.26. The van der Waals surface area contributed by atoms with E-state index in [0.717, 1.165) is 16.4 Å². The van der Waals surface area contributed by atoms with Crippen molar-refractivity contribution in [3.05, 3.63) is 82.9 Å². The van der Waals surface area contributed by atoms with Gasteiger partial charge in [0, 0.05) is 12.6 Å². The summed E-state index contributed by atoms with van der Waals surface area (Å²) in [5, 5.41) is 14.0. The van der Waals surface area contributed by atoms with Crippen LogP contribution in [-0.2, 0) is 19.5 Å². The van der Waals surface area contributed by atoms with Gasteiger partial charge in [0.15, 0.2) is 11.5 Å². The van der Waals surface area contributed by atoms with Gasteiger partial charge in [0.25, 0.3) is 15.7 Å². The van der Waals surface area contributed by atoms with Gasteiger partial charge in [-0.25, -0.2) is 18.0 Å². The van der Waals surface area contributed by atoms with Crippen molar-refractivity contribution in [2.45, 2.75) is 37.3 Å². The molecular weight excluding hydrogens is 514 g/mol. The van der Waals surface area contributed by atoms with Crippen LogP contribution in [0.3, 0.4) is 0 Å². The summed E-state index contributed by atoms with van der Waals surface area (Å²) in [5.74, 6) is 4.58. The fraction of sp³-hybridized carbons (Fsp3) is 0.308. The van der Waals surface area contributed by atoms with Gasteiger partial charge >= 0.3 is 12.1 Å². The largest absolute Gasteiger partial charge is 0.449 e. The molecule has 2 rings (SSSR count). The van der Waals surface area contributed by atoms with Crippen LogP contribution in [0.5, 0.6) is 0 Å². The van der Waals surface area contributed by atoms with Crippen molar-refractivity contribution in [2.75, 3.05) is 19.7 Å². The predicted octanol–water partition coefficient (Wildman–Crippen LogP) is 3.53. The van der Waals surface area contributed by atoms with Gasteiger partial charge in [-0.05, 0) is 39.0 Å². The second-order valence-corrected chi connectivity index (χ2v) is 10.7. The van der Waals surface area contributed by atoms with Crippen molar-refractivity contribution in [1.82, 2.24) is 9.62 Å². The number of alkyl carbamates (subject to hydrolysis) is 1. The molecule has 0 bridgehead atoms. The monoisotopic (exact) mass is 543 g/mol. The Morgan fingerprint density at radius 3 is 2.37 bits per heavy atom. The number of nitro groups is 1. The molecule has 0 fully saturated rings. The Labute approximate surface area is 221 Å². The van der Waals surface area contributed by atoms with Crippen molar-refractivity contribution < 1.29 is 32.4 Å². The molecule has 0 heterocycles. The smallest absolute Gasteiger partial charge is 0.408 e. The summed E-state index contributed by atoms with van der Waals surface area (Å²) >= 11 is 0. The molecule has 0 aromatic heterocycles. The van der Waals surface area contributed by atoms with Crippen LogP contribution in [0, 0.1) is 22.0 Å². The molecule has 11 nitrogen and oxygen atoms in total. The highest BCUT2D eigenvalue weighted by atomic mass is 32.2. The second kappa shape index (κ2) is 13.4. The summed E-state index contributed by atoms with van der Waals surface area (Å²) in [6, 6.07) is 12.2. The normalized spacial score (nSPS) is 12.0. The van der Waals surface area contributed by atoms with Crippen molar-refractivity contribution in [1.29, 1.82) is 0 Å². The molecule has 1 amide bonds. The summed E-state index contributed by atoms with van der Waals surface area (Å²) in [6.45, 7) is 7.55. The molecule has 0 spiro atoms. The second-order valence-electron chi connectivity index (χ2n) is 8.81. The fourth-order valence-corrected chi connectivity index (χ4v) is 4.55. The number of benzene rings is 2. The van der Waals surface area contributed by atoms with E-state index in [1.54, 1.807) is 51.1 Å². The van der Waals surface area contributed by atoms with Crippen LogP contribution in [-0.4, -0.2) is 61.0 Å². The standard InChI is InChI=1S/C26H29N3O8S/c1-5-21(27-25(31)37-26(2,3)4)19-28(38(34,35)23-16-10-9-15-22(23)29(32)33)17-11-12-18-36-24(30)20-13-7-6-8-14-20/h5-10,13-16,21H,1,17-19H2,2-4H3,(H,27,31). The number of esters is 1. The van der Waals surface area contributed by atoms with E-state index < -0.39 is 55.8 Å². The molecule has 12 heteroatoms. The van der Waals surface area contributed by atoms with Crippen molar-refractivity contribution >= 4 is 27.8 Å². The first-order valence-electron chi connectivity index (χ1n) is 11.4. The van der Waals surface area contributed by atoms with Gasteiger partial charge in [0.2, 0.25) is 0 Å². The maximum atomic E-state index is 13.5. The number of nitro benzene ring substituents is 1. The lowest BCUT2D eigenvalue weighted by atomic mass is 10.2. The average Bonchev–Trinajstić information content (AvgIpc) is 2.86. The highest BCUT2D eigenvalue weighted by Gasteiger charge is 2.32. The molecule has 1 atom stereocenters. The maximum Gasteiger partial charge on any atom is 0.408 e.